The van der Waals surface area contributed by atoms with Gasteiger partial charge in [0, 0.05) is 12.0 Å². The second-order valence-electron chi connectivity index (χ2n) is 5.59. The monoisotopic (exact) mass is 290 g/mol. The molecule has 0 fully saturated rings. The van der Waals surface area contributed by atoms with E-state index in [-0.39, 0.29) is 6.04 Å². The van der Waals surface area contributed by atoms with Crippen molar-refractivity contribution in [2.24, 2.45) is 4.99 Å². The molecule has 2 aromatic carbocycles. The third-order valence-corrected chi connectivity index (χ3v) is 4.18. The van der Waals surface area contributed by atoms with Crippen LogP contribution in [0.25, 0.3) is 0 Å². The molecule has 0 amide bonds. The number of hydrogen-bond acceptors (Lipinski definition) is 4. The number of nitrogens with zero attached hydrogens (tertiary/aromatic N) is 1. The molecule has 0 radical (unpaired) electrons. The van der Waals surface area contributed by atoms with Gasteiger partial charge < -0.3 is 5.32 Å². The lowest BCUT2D eigenvalue weighted by molar-refractivity contribution is -0.117. The van der Waals surface area contributed by atoms with Crippen LogP contribution in [-0.4, -0.2) is 23.4 Å². The maximum Gasteiger partial charge on any atom is 0.231 e. The molecule has 0 bridgehead atoms. The molecule has 4 rings (SSSR count). The van der Waals surface area contributed by atoms with Gasteiger partial charge in [-0.1, -0.05) is 54.6 Å². The lowest BCUT2D eigenvalue weighted by atomic mass is 9.83. The summed E-state index contributed by atoms with van der Waals surface area (Å²) in [6.45, 7) is 0. The standard InChI is InChI=1S/C18H14N2O2/c21-17-13-9-5-4-8-12(13)15-16(18(17)22)20-14(19-15)10-11-6-2-1-3-7-11/h1-9,15-16H,10H2,(H,19,20). The number of hydrogen-bond donors (Lipinski definition) is 1. The highest BCUT2D eigenvalue weighted by Gasteiger charge is 2.44. The Hall–Kier alpha value is -2.75. The van der Waals surface area contributed by atoms with Crippen molar-refractivity contribution < 1.29 is 9.59 Å². The molecular formula is C18H14N2O2. The number of ketones is 2. The van der Waals surface area contributed by atoms with Crippen molar-refractivity contribution >= 4 is 17.4 Å². The summed E-state index contributed by atoms with van der Waals surface area (Å²) in [6, 6.07) is 16.4. The minimum absolute atomic E-state index is 0.292. The highest BCUT2D eigenvalue weighted by molar-refractivity contribution is 6.47. The maximum absolute atomic E-state index is 12.3. The van der Waals surface area contributed by atoms with Crippen LogP contribution in [0.15, 0.2) is 59.6 Å². The molecule has 4 heteroatoms. The molecule has 1 N–H and O–H groups in total. The van der Waals surface area contributed by atoms with E-state index in [1.54, 1.807) is 12.1 Å². The van der Waals surface area contributed by atoms with E-state index in [0.717, 1.165) is 17.0 Å². The number of Topliss-reactive ketones (excluding diaryl/α,β-unsaturated/α-hetero) is 2. The Morgan fingerprint density at radius 2 is 1.68 bits per heavy atom. The lowest BCUT2D eigenvalue weighted by Gasteiger charge is -2.24. The SMILES string of the molecule is O=C1C(=O)C2NC(Cc3ccccc3)=NC2c2ccccc21. The number of aliphatic imine (C=N–C) groups is 1. The van der Waals surface area contributed by atoms with E-state index in [1.165, 1.54) is 0 Å². The smallest absolute Gasteiger partial charge is 0.231 e. The third-order valence-electron chi connectivity index (χ3n) is 4.18. The Balaban J connectivity index is 1.70. The molecular weight excluding hydrogens is 276 g/mol. The molecule has 1 aliphatic heterocycles. The van der Waals surface area contributed by atoms with Gasteiger partial charge in [0.1, 0.15) is 17.9 Å². The predicted molar refractivity (Wildman–Crippen MR) is 83.0 cm³/mol. The van der Waals surface area contributed by atoms with Gasteiger partial charge >= 0.3 is 0 Å². The van der Waals surface area contributed by atoms with Crippen LogP contribution in [0.2, 0.25) is 0 Å². The first kappa shape index (κ1) is 13.0. The van der Waals surface area contributed by atoms with E-state index >= 15 is 0 Å². The molecule has 0 aromatic heterocycles. The van der Waals surface area contributed by atoms with Crippen molar-refractivity contribution in [2.45, 2.75) is 18.5 Å². The second kappa shape index (κ2) is 4.91. The summed E-state index contributed by atoms with van der Waals surface area (Å²) in [5, 5.41) is 3.14. The molecule has 22 heavy (non-hydrogen) atoms. The van der Waals surface area contributed by atoms with Crippen molar-refractivity contribution in [3.63, 3.8) is 0 Å². The van der Waals surface area contributed by atoms with Gasteiger partial charge in [-0.05, 0) is 11.1 Å². The van der Waals surface area contributed by atoms with Gasteiger partial charge in [0.2, 0.25) is 11.6 Å². The Labute approximate surface area is 127 Å². The normalized spacial score (nSPS) is 22.6. The van der Waals surface area contributed by atoms with Crippen LogP contribution >= 0.6 is 0 Å². The van der Waals surface area contributed by atoms with Crippen LogP contribution in [-0.2, 0) is 11.2 Å². The zero-order valence-corrected chi connectivity index (χ0v) is 11.8. The maximum atomic E-state index is 12.3. The van der Waals surface area contributed by atoms with Crippen LogP contribution in [0.1, 0.15) is 27.5 Å². The van der Waals surface area contributed by atoms with Crippen molar-refractivity contribution in [3.8, 4) is 0 Å². The fourth-order valence-electron chi connectivity index (χ4n) is 3.12. The van der Waals surface area contributed by atoms with Crippen molar-refractivity contribution in [2.75, 3.05) is 0 Å². The number of nitrogens with one attached hydrogen (secondary N) is 1. The molecule has 4 nitrogen and oxygen atoms in total. The molecule has 0 saturated carbocycles. The second-order valence-corrected chi connectivity index (χ2v) is 5.59. The van der Waals surface area contributed by atoms with E-state index in [4.69, 9.17) is 0 Å². The minimum atomic E-state index is -0.555. The summed E-state index contributed by atoms with van der Waals surface area (Å²) in [6.07, 6.45) is 0.636. The van der Waals surface area contributed by atoms with Gasteiger partial charge in [0.25, 0.3) is 0 Å². The molecule has 108 valence electrons. The summed E-state index contributed by atoms with van der Waals surface area (Å²) < 4.78 is 0. The topological polar surface area (TPSA) is 58.5 Å². The van der Waals surface area contributed by atoms with Crippen LogP contribution in [0.4, 0.5) is 0 Å². The lowest BCUT2D eigenvalue weighted by Crippen LogP contribution is -2.46. The van der Waals surface area contributed by atoms with Crippen molar-refractivity contribution in [1.82, 2.24) is 5.32 Å². The molecule has 0 saturated heterocycles. The molecule has 1 heterocycles. The first-order valence-corrected chi connectivity index (χ1v) is 7.28. The molecule has 2 aliphatic rings. The third kappa shape index (κ3) is 1.96. The highest BCUT2D eigenvalue weighted by Crippen LogP contribution is 2.34. The quantitative estimate of drug-likeness (QED) is 0.862. The van der Waals surface area contributed by atoms with E-state index in [0.29, 0.717) is 12.0 Å². The Kier molecular flexibility index (Phi) is 2.89. The van der Waals surface area contributed by atoms with Gasteiger partial charge in [0.15, 0.2) is 0 Å². The summed E-state index contributed by atoms with van der Waals surface area (Å²) >= 11 is 0. The number of fused-ring (bicyclic) bond motifs is 3. The van der Waals surface area contributed by atoms with Gasteiger partial charge in [0.05, 0.1) is 0 Å². The van der Waals surface area contributed by atoms with E-state index < -0.39 is 17.6 Å². The number of carbonyl (C=O) groups is 2. The Morgan fingerprint density at radius 3 is 2.50 bits per heavy atom. The van der Waals surface area contributed by atoms with Crippen LogP contribution in [0.3, 0.4) is 0 Å². The van der Waals surface area contributed by atoms with Gasteiger partial charge in [-0.25, -0.2) is 0 Å². The number of benzene rings is 2. The number of rotatable bonds is 2. The highest BCUT2D eigenvalue weighted by atomic mass is 16.2. The fourth-order valence-corrected chi connectivity index (χ4v) is 3.12. The van der Waals surface area contributed by atoms with E-state index in [2.05, 4.69) is 10.3 Å². The average molecular weight is 290 g/mol. The number of amidine groups is 1. The van der Waals surface area contributed by atoms with Gasteiger partial charge in [-0.3, -0.25) is 14.6 Å². The summed E-state index contributed by atoms with van der Waals surface area (Å²) in [5.74, 6) is -0.0462. The van der Waals surface area contributed by atoms with Gasteiger partial charge in [-0.2, -0.15) is 0 Å². The van der Waals surface area contributed by atoms with E-state index in [1.807, 2.05) is 42.5 Å². The van der Waals surface area contributed by atoms with Crippen LogP contribution in [0.5, 0.6) is 0 Å². The first-order chi connectivity index (χ1) is 10.7. The largest absolute Gasteiger partial charge is 0.361 e. The van der Waals surface area contributed by atoms with Crippen molar-refractivity contribution in [1.29, 1.82) is 0 Å². The van der Waals surface area contributed by atoms with Crippen LogP contribution in [0, 0.1) is 0 Å². The van der Waals surface area contributed by atoms with Gasteiger partial charge in [-0.15, -0.1) is 0 Å². The Morgan fingerprint density at radius 1 is 0.955 bits per heavy atom. The summed E-state index contributed by atoms with van der Waals surface area (Å²) in [4.78, 5) is 29.1. The molecule has 1 aliphatic carbocycles. The molecule has 2 aromatic rings. The fraction of sp³-hybridized carbons (Fsp3) is 0.167. The predicted octanol–water partition coefficient (Wildman–Crippen LogP) is 2.11. The van der Waals surface area contributed by atoms with E-state index in [9.17, 15) is 9.59 Å². The zero-order valence-electron chi connectivity index (χ0n) is 11.8. The first-order valence-electron chi connectivity index (χ1n) is 7.28. The molecule has 2 unspecified atom stereocenters. The van der Waals surface area contributed by atoms with Crippen molar-refractivity contribution in [3.05, 3.63) is 71.3 Å². The Bertz CT molecular complexity index is 796. The number of carbonyl (C=O) groups excluding carboxylic acids is 2. The molecule has 2 atom stereocenters. The summed E-state index contributed by atoms with van der Waals surface area (Å²) in [5.41, 5.74) is 2.45. The zero-order chi connectivity index (χ0) is 15.1. The molecule has 0 spiro atoms. The average Bonchev–Trinajstić information content (AvgIpc) is 2.98. The van der Waals surface area contributed by atoms with Crippen LogP contribution < -0.4 is 5.32 Å². The summed E-state index contributed by atoms with van der Waals surface area (Å²) in [7, 11) is 0. The minimum Gasteiger partial charge on any atom is -0.361 e.